The van der Waals surface area contributed by atoms with E-state index in [0.29, 0.717) is 17.9 Å². The highest BCUT2D eigenvalue weighted by Gasteiger charge is 2.10. The molecule has 0 aliphatic rings. The maximum absolute atomic E-state index is 11.8. The largest absolute Gasteiger partial charge is 0.468 e. The molecule has 3 aromatic rings. The van der Waals surface area contributed by atoms with Gasteiger partial charge < -0.3 is 14.2 Å². The Morgan fingerprint density at radius 3 is 1.97 bits per heavy atom. The highest BCUT2D eigenvalue weighted by atomic mass is 16.7. The minimum atomic E-state index is -0.412. The van der Waals surface area contributed by atoms with Crippen molar-refractivity contribution in [3.8, 4) is 33.8 Å². The van der Waals surface area contributed by atoms with Gasteiger partial charge >= 0.3 is 5.97 Å². The average Bonchev–Trinajstić information content (AvgIpc) is 2.82. The summed E-state index contributed by atoms with van der Waals surface area (Å²) in [6, 6.07) is 22.1. The van der Waals surface area contributed by atoms with Crippen LogP contribution in [0.15, 0.2) is 91.0 Å². The molecule has 0 fully saturated rings. The van der Waals surface area contributed by atoms with Gasteiger partial charge in [0.2, 0.25) is 0 Å². The third-order valence-corrected chi connectivity index (χ3v) is 5.06. The molecule has 4 nitrogen and oxygen atoms in total. The monoisotopic (exact) mass is 442 g/mol. The van der Waals surface area contributed by atoms with E-state index in [1.165, 1.54) is 0 Å². The first kappa shape index (κ1) is 24.0. The molecule has 170 valence electrons. The Balaban J connectivity index is 1.70. The molecule has 3 aromatic carbocycles. The van der Waals surface area contributed by atoms with Gasteiger partial charge in [0.25, 0.3) is 0 Å². The number of esters is 1. The van der Waals surface area contributed by atoms with Crippen LogP contribution in [0, 0.1) is 0 Å². The van der Waals surface area contributed by atoms with Crippen LogP contribution in [0.5, 0.6) is 11.5 Å². The summed E-state index contributed by atoms with van der Waals surface area (Å²) in [6.45, 7) is 13.8. The molecule has 0 saturated carbocycles. The Hall–Kier alpha value is -3.63. The van der Waals surface area contributed by atoms with Crippen molar-refractivity contribution in [2.24, 2.45) is 0 Å². The van der Waals surface area contributed by atoms with Gasteiger partial charge in [-0.2, -0.15) is 0 Å². The number of ether oxygens (including phenoxy) is 3. The molecule has 0 radical (unpaired) electrons. The van der Waals surface area contributed by atoms with Crippen molar-refractivity contribution in [2.45, 2.75) is 27.2 Å². The zero-order valence-electron chi connectivity index (χ0n) is 19.5. The predicted octanol–water partition coefficient (Wildman–Crippen LogP) is 6.99. The highest BCUT2D eigenvalue weighted by molar-refractivity contribution is 5.89. The first-order valence-corrected chi connectivity index (χ1v) is 10.9. The first-order chi connectivity index (χ1) is 15.9. The molecule has 0 saturated heterocycles. The lowest BCUT2D eigenvalue weighted by Gasteiger charge is -2.12. The van der Waals surface area contributed by atoms with Gasteiger partial charge in [-0.1, -0.05) is 68.1 Å². The summed E-state index contributed by atoms with van der Waals surface area (Å²) in [4.78, 5) is 11.8. The van der Waals surface area contributed by atoms with E-state index >= 15 is 0 Å². The molecule has 0 aliphatic heterocycles. The van der Waals surface area contributed by atoms with Gasteiger partial charge in [-0.15, -0.1) is 0 Å². The molecule has 0 aromatic heterocycles. The van der Waals surface area contributed by atoms with E-state index in [0.717, 1.165) is 45.6 Å². The maximum atomic E-state index is 11.8. The summed E-state index contributed by atoms with van der Waals surface area (Å²) in [7, 11) is 0. The minimum absolute atomic E-state index is 0.200. The van der Waals surface area contributed by atoms with E-state index in [2.05, 4.69) is 44.3 Å². The maximum Gasteiger partial charge on any atom is 0.338 e. The van der Waals surface area contributed by atoms with Crippen LogP contribution in [-0.4, -0.2) is 19.4 Å². The lowest BCUT2D eigenvalue weighted by molar-refractivity contribution is -0.130. The Kier molecular flexibility index (Phi) is 8.22. The summed E-state index contributed by atoms with van der Waals surface area (Å²) in [5, 5.41) is 0. The van der Waals surface area contributed by atoms with E-state index in [4.69, 9.17) is 14.2 Å². The highest BCUT2D eigenvalue weighted by Crippen LogP contribution is 2.31. The van der Waals surface area contributed by atoms with E-state index < -0.39 is 5.97 Å². The van der Waals surface area contributed by atoms with Crippen LogP contribution in [0.25, 0.3) is 22.3 Å². The first-order valence-electron chi connectivity index (χ1n) is 10.9. The molecule has 0 bridgehead atoms. The fourth-order valence-corrected chi connectivity index (χ4v) is 3.31. The second-order valence-corrected chi connectivity index (χ2v) is 8.01. The SMILES string of the molecule is C=C(C)COCOc1ccc(-c2ccc(-c3ccc(OC(=O)C(=C)C)cc3CC)cc2)cc1. The second-order valence-electron chi connectivity index (χ2n) is 8.01. The molecule has 0 atom stereocenters. The fourth-order valence-electron chi connectivity index (χ4n) is 3.31. The van der Waals surface area contributed by atoms with Crippen LogP contribution in [0.4, 0.5) is 0 Å². The van der Waals surface area contributed by atoms with Crippen molar-refractivity contribution >= 4 is 5.97 Å². The van der Waals surface area contributed by atoms with Crippen molar-refractivity contribution < 1.29 is 19.0 Å². The zero-order chi connectivity index (χ0) is 23.8. The minimum Gasteiger partial charge on any atom is -0.468 e. The Morgan fingerprint density at radius 2 is 1.39 bits per heavy atom. The van der Waals surface area contributed by atoms with Crippen molar-refractivity contribution in [1.29, 1.82) is 0 Å². The van der Waals surface area contributed by atoms with E-state index in [1.54, 1.807) is 6.92 Å². The van der Waals surface area contributed by atoms with Crippen LogP contribution in [0.1, 0.15) is 26.3 Å². The molecular formula is C29H30O4. The lowest BCUT2D eigenvalue weighted by atomic mass is 9.95. The number of hydrogen-bond donors (Lipinski definition) is 0. The van der Waals surface area contributed by atoms with Gasteiger partial charge in [-0.3, -0.25) is 0 Å². The fraction of sp³-hybridized carbons (Fsp3) is 0.207. The lowest BCUT2D eigenvalue weighted by Crippen LogP contribution is -2.08. The standard InChI is InChI=1S/C29H30O4/c1-6-22-17-27(33-29(30)21(4)5)15-16-28(22)25-9-7-23(8-10-25)24-11-13-26(14-12-24)32-19-31-18-20(2)3/h7-17H,2,4,6,18-19H2,1,3,5H3. The van der Waals surface area contributed by atoms with Gasteiger partial charge in [0.1, 0.15) is 11.5 Å². The van der Waals surface area contributed by atoms with Crippen LogP contribution in [0.3, 0.4) is 0 Å². The number of carbonyl (C=O) groups excluding carboxylic acids is 1. The smallest absolute Gasteiger partial charge is 0.338 e. The Morgan fingerprint density at radius 1 is 0.818 bits per heavy atom. The van der Waals surface area contributed by atoms with Gasteiger partial charge in [0.05, 0.1) is 6.61 Å². The summed E-state index contributed by atoms with van der Waals surface area (Å²) in [6.07, 6.45) is 0.826. The second kappa shape index (κ2) is 11.3. The van der Waals surface area contributed by atoms with E-state index in [9.17, 15) is 4.79 Å². The van der Waals surface area contributed by atoms with E-state index in [-0.39, 0.29) is 6.79 Å². The summed E-state index contributed by atoms with van der Waals surface area (Å²) < 4.78 is 16.3. The molecule has 4 heteroatoms. The van der Waals surface area contributed by atoms with Crippen molar-refractivity contribution in [1.82, 2.24) is 0 Å². The van der Waals surface area contributed by atoms with Gasteiger partial charge in [0, 0.05) is 5.57 Å². The number of benzene rings is 3. The summed E-state index contributed by atoms with van der Waals surface area (Å²) in [5.74, 6) is 0.884. The third-order valence-electron chi connectivity index (χ3n) is 5.06. The predicted molar refractivity (Wildman–Crippen MR) is 133 cm³/mol. The number of rotatable bonds is 10. The quantitative estimate of drug-likeness (QED) is 0.0847. The number of carbonyl (C=O) groups is 1. The topological polar surface area (TPSA) is 44.8 Å². The Labute approximate surface area is 196 Å². The summed E-state index contributed by atoms with van der Waals surface area (Å²) >= 11 is 0. The molecule has 0 amide bonds. The molecule has 0 aliphatic carbocycles. The van der Waals surface area contributed by atoms with Crippen molar-refractivity contribution in [3.05, 3.63) is 96.6 Å². The van der Waals surface area contributed by atoms with Gasteiger partial charge in [0.15, 0.2) is 6.79 Å². The van der Waals surface area contributed by atoms with E-state index in [1.807, 2.05) is 49.4 Å². The molecule has 0 heterocycles. The van der Waals surface area contributed by atoms with Gasteiger partial charge in [-0.25, -0.2) is 4.79 Å². The zero-order valence-corrected chi connectivity index (χ0v) is 19.5. The van der Waals surface area contributed by atoms with Crippen molar-refractivity contribution in [2.75, 3.05) is 13.4 Å². The summed E-state index contributed by atoms with van der Waals surface area (Å²) in [5.41, 5.74) is 6.92. The molecule has 33 heavy (non-hydrogen) atoms. The average molecular weight is 443 g/mol. The van der Waals surface area contributed by atoms with Crippen LogP contribution in [-0.2, 0) is 16.0 Å². The van der Waals surface area contributed by atoms with Crippen LogP contribution in [0.2, 0.25) is 0 Å². The van der Waals surface area contributed by atoms with Gasteiger partial charge in [-0.05, 0) is 72.4 Å². The molecule has 0 N–H and O–H groups in total. The normalized spacial score (nSPS) is 10.5. The van der Waals surface area contributed by atoms with Crippen LogP contribution >= 0.6 is 0 Å². The molecule has 0 unspecified atom stereocenters. The molecular weight excluding hydrogens is 412 g/mol. The van der Waals surface area contributed by atoms with Crippen molar-refractivity contribution in [3.63, 3.8) is 0 Å². The third kappa shape index (κ3) is 6.67. The number of aryl methyl sites for hydroxylation is 1. The number of hydrogen-bond acceptors (Lipinski definition) is 4. The molecule has 3 rings (SSSR count). The van der Waals surface area contributed by atoms with Crippen LogP contribution < -0.4 is 9.47 Å². The molecule has 0 spiro atoms. The Bertz CT molecular complexity index is 1130.